The second-order valence-corrected chi connectivity index (χ2v) is 3.63. The molecule has 3 heteroatoms. The van der Waals surface area contributed by atoms with Gasteiger partial charge in [-0.1, -0.05) is 13.0 Å². The van der Waals surface area contributed by atoms with E-state index in [2.05, 4.69) is 5.32 Å². The molecule has 0 atom stereocenters. The first-order valence-corrected chi connectivity index (χ1v) is 5.36. The topological polar surface area (TPSA) is 38.3 Å². The summed E-state index contributed by atoms with van der Waals surface area (Å²) in [6, 6.07) is 5.67. The van der Waals surface area contributed by atoms with Gasteiger partial charge in [-0.3, -0.25) is 4.79 Å². The van der Waals surface area contributed by atoms with E-state index in [0.717, 1.165) is 24.4 Å². The van der Waals surface area contributed by atoms with E-state index in [1.165, 1.54) is 0 Å². The lowest BCUT2D eigenvalue weighted by Gasteiger charge is -2.21. The second kappa shape index (κ2) is 4.34. The van der Waals surface area contributed by atoms with E-state index in [0.29, 0.717) is 18.6 Å². The minimum Gasteiger partial charge on any atom is -0.489 e. The van der Waals surface area contributed by atoms with Gasteiger partial charge in [0, 0.05) is 13.0 Å². The van der Waals surface area contributed by atoms with Crippen molar-refractivity contribution in [2.75, 3.05) is 18.5 Å². The Morgan fingerprint density at radius 1 is 1.53 bits per heavy atom. The maximum atomic E-state index is 11.8. The summed E-state index contributed by atoms with van der Waals surface area (Å²) in [4.78, 5) is 11.8. The fourth-order valence-corrected chi connectivity index (χ4v) is 1.75. The Morgan fingerprint density at radius 3 is 3.20 bits per heavy atom. The van der Waals surface area contributed by atoms with E-state index in [1.807, 2.05) is 25.1 Å². The molecule has 0 saturated heterocycles. The van der Waals surface area contributed by atoms with Gasteiger partial charge in [-0.25, -0.2) is 0 Å². The van der Waals surface area contributed by atoms with Crippen molar-refractivity contribution in [3.8, 4) is 5.75 Å². The van der Waals surface area contributed by atoms with Crippen LogP contribution >= 0.6 is 0 Å². The van der Waals surface area contributed by atoms with Gasteiger partial charge in [0.1, 0.15) is 6.61 Å². The third kappa shape index (κ3) is 1.96. The number of ether oxygens (including phenoxy) is 1. The van der Waals surface area contributed by atoms with Gasteiger partial charge in [-0.15, -0.1) is 0 Å². The Kier molecular flexibility index (Phi) is 2.90. The summed E-state index contributed by atoms with van der Waals surface area (Å²) in [6.07, 6.45) is 1.45. The van der Waals surface area contributed by atoms with Crippen molar-refractivity contribution in [2.45, 2.75) is 19.8 Å². The predicted octanol–water partition coefficient (Wildman–Crippen LogP) is 2.47. The Morgan fingerprint density at radius 2 is 2.40 bits per heavy atom. The number of ketones is 1. The van der Waals surface area contributed by atoms with Crippen LogP contribution in [0, 0.1) is 0 Å². The fraction of sp³-hybridized carbons (Fsp3) is 0.417. The van der Waals surface area contributed by atoms with Crippen molar-refractivity contribution in [3.05, 3.63) is 23.8 Å². The van der Waals surface area contributed by atoms with Crippen molar-refractivity contribution in [1.29, 1.82) is 0 Å². The minimum absolute atomic E-state index is 0.165. The van der Waals surface area contributed by atoms with Gasteiger partial charge in [-0.05, 0) is 18.6 Å². The van der Waals surface area contributed by atoms with Gasteiger partial charge in [-0.2, -0.15) is 0 Å². The summed E-state index contributed by atoms with van der Waals surface area (Å²) >= 11 is 0. The van der Waals surface area contributed by atoms with E-state index in [-0.39, 0.29) is 5.78 Å². The van der Waals surface area contributed by atoms with Crippen molar-refractivity contribution >= 4 is 11.5 Å². The number of hydrogen-bond acceptors (Lipinski definition) is 3. The molecule has 0 saturated carbocycles. The second-order valence-electron chi connectivity index (χ2n) is 3.63. The molecule has 1 aromatic carbocycles. The normalized spacial score (nSPS) is 13.7. The van der Waals surface area contributed by atoms with Crippen molar-refractivity contribution in [2.24, 2.45) is 0 Å². The smallest absolute Gasteiger partial charge is 0.166 e. The van der Waals surface area contributed by atoms with Crippen molar-refractivity contribution < 1.29 is 9.53 Å². The highest BCUT2D eigenvalue weighted by atomic mass is 16.5. The molecular formula is C12H15NO2. The third-order valence-electron chi connectivity index (χ3n) is 2.46. The molecule has 2 rings (SSSR count). The zero-order chi connectivity index (χ0) is 10.7. The summed E-state index contributed by atoms with van der Waals surface area (Å²) in [5.74, 6) is 0.889. The number of para-hydroxylation sites is 1. The fourth-order valence-electron chi connectivity index (χ4n) is 1.75. The molecular weight excluding hydrogens is 190 g/mol. The number of hydrogen-bond donors (Lipinski definition) is 1. The molecule has 0 fully saturated rings. The van der Waals surface area contributed by atoms with Crippen LogP contribution in [0.2, 0.25) is 0 Å². The maximum Gasteiger partial charge on any atom is 0.166 e. The number of carbonyl (C=O) groups excluding carboxylic acids is 1. The van der Waals surface area contributed by atoms with Crippen LogP contribution in [-0.4, -0.2) is 18.9 Å². The Bertz CT molecular complexity index is 374. The van der Waals surface area contributed by atoms with Crippen LogP contribution < -0.4 is 10.1 Å². The van der Waals surface area contributed by atoms with E-state index in [9.17, 15) is 4.79 Å². The predicted molar refractivity (Wildman–Crippen MR) is 59.7 cm³/mol. The molecule has 1 heterocycles. The largest absolute Gasteiger partial charge is 0.489 e. The Labute approximate surface area is 89.4 Å². The van der Waals surface area contributed by atoms with Gasteiger partial charge in [0.25, 0.3) is 0 Å². The number of rotatable bonds is 3. The summed E-state index contributed by atoms with van der Waals surface area (Å²) in [5.41, 5.74) is 1.64. The number of benzene rings is 1. The lowest BCUT2D eigenvalue weighted by molar-refractivity contribution is 0.0977. The average molecular weight is 205 g/mol. The first kappa shape index (κ1) is 10.0. The lowest BCUT2D eigenvalue weighted by Crippen LogP contribution is -2.20. The third-order valence-corrected chi connectivity index (χ3v) is 2.46. The van der Waals surface area contributed by atoms with Gasteiger partial charge in [0.15, 0.2) is 11.5 Å². The van der Waals surface area contributed by atoms with Crippen molar-refractivity contribution in [3.63, 3.8) is 0 Å². The van der Waals surface area contributed by atoms with Gasteiger partial charge < -0.3 is 10.1 Å². The molecule has 1 aliphatic heterocycles. The molecule has 15 heavy (non-hydrogen) atoms. The summed E-state index contributed by atoms with van der Waals surface area (Å²) in [7, 11) is 0. The molecule has 0 aliphatic carbocycles. The van der Waals surface area contributed by atoms with Crippen LogP contribution in [0.4, 0.5) is 5.69 Å². The lowest BCUT2D eigenvalue weighted by atomic mass is 10.0. The van der Waals surface area contributed by atoms with Gasteiger partial charge in [0.2, 0.25) is 0 Å². The van der Waals surface area contributed by atoms with Crippen LogP contribution in [0.25, 0.3) is 0 Å². The zero-order valence-electron chi connectivity index (χ0n) is 8.88. The van der Waals surface area contributed by atoms with Crippen LogP contribution in [0.3, 0.4) is 0 Å². The molecule has 0 amide bonds. The molecule has 0 unspecified atom stereocenters. The van der Waals surface area contributed by atoms with E-state index in [4.69, 9.17) is 4.74 Å². The maximum absolute atomic E-state index is 11.8. The number of carbonyl (C=O) groups is 1. The number of anilines is 1. The molecule has 0 radical (unpaired) electrons. The number of nitrogens with one attached hydrogen (secondary N) is 1. The van der Waals surface area contributed by atoms with Crippen LogP contribution in [-0.2, 0) is 0 Å². The average Bonchev–Trinajstić information content (AvgIpc) is 2.28. The molecule has 80 valence electrons. The quantitative estimate of drug-likeness (QED) is 0.770. The van der Waals surface area contributed by atoms with E-state index < -0.39 is 0 Å². The molecule has 1 N–H and O–H groups in total. The summed E-state index contributed by atoms with van der Waals surface area (Å²) < 4.78 is 5.54. The molecule has 1 aliphatic rings. The first-order valence-electron chi connectivity index (χ1n) is 5.36. The van der Waals surface area contributed by atoms with Crippen LogP contribution in [0.5, 0.6) is 5.75 Å². The van der Waals surface area contributed by atoms with Crippen LogP contribution in [0.15, 0.2) is 18.2 Å². The monoisotopic (exact) mass is 205 g/mol. The molecule has 0 bridgehead atoms. The van der Waals surface area contributed by atoms with Crippen molar-refractivity contribution in [1.82, 2.24) is 0 Å². The number of fused-ring (bicyclic) bond motifs is 1. The highest BCUT2D eigenvalue weighted by Crippen LogP contribution is 2.31. The van der Waals surface area contributed by atoms with E-state index >= 15 is 0 Å². The number of Topliss-reactive ketones (excluding diaryl/α,β-unsaturated/α-hetero) is 1. The summed E-state index contributed by atoms with van der Waals surface area (Å²) in [6.45, 7) is 3.44. The molecule has 0 spiro atoms. The SMILES string of the molecule is CCCC(=O)c1cccc2c1OCCN2. The van der Waals surface area contributed by atoms with Gasteiger partial charge in [0.05, 0.1) is 11.3 Å². The molecule has 0 aromatic heterocycles. The summed E-state index contributed by atoms with van der Waals surface area (Å²) in [5, 5.41) is 3.22. The first-order chi connectivity index (χ1) is 7.33. The molecule has 3 nitrogen and oxygen atoms in total. The highest BCUT2D eigenvalue weighted by molar-refractivity contribution is 6.00. The Hall–Kier alpha value is -1.51. The van der Waals surface area contributed by atoms with Gasteiger partial charge >= 0.3 is 0 Å². The van der Waals surface area contributed by atoms with E-state index in [1.54, 1.807) is 0 Å². The minimum atomic E-state index is 0.165. The standard InChI is InChI=1S/C12H15NO2/c1-2-4-11(14)9-5-3-6-10-12(9)15-8-7-13-10/h3,5-6,13H,2,4,7-8H2,1H3. The zero-order valence-corrected chi connectivity index (χ0v) is 8.88. The molecule has 1 aromatic rings. The Balaban J connectivity index is 2.34. The highest BCUT2D eigenvalue weighted by Gasteiger charge is 2.17. The van der Waals surface area contributed by atoms with Crippen LogP contribution in [0.1, 0.15) is 30.1 Å².